The largest absolute Gasteiger partial charge is 0.393 e. The molecular weight excluding hydrogens is 276 g/mol. The van der Waals surface area contributed by atoms with Crippen LogP contribution in [-0.4, -0.2) is 28.2 Å². The molecule has 3 fully saturated rings. The summed E-state index contributed by atoms with van der Waals surface area (Å²) in [5, 5.41) is 21.1. The van der Waals surface area contributed by atoms with Crippen LogP contribution in [0.4, 0.5) is 0 Å². The number of rotatable bonds is 0. The van der Waals surface area contributed by atoms with Gasteiger partial charge in [-0.15, -0.1) is 0 Å². The second-order valence-electron chi connectivity index (χ2n) is 8.38. The fourth-order valence-corrected chi connectivity index (χ4v) is 6.22. The number of ketones is 1. The van der Waals surface area contributed by atoms with Gasteiger partial charge in [0, 0.05) is 5.41 Å². The lowest BCUT2D eigenvalue weighted by atomic mass is 9.48. The summed E-state index contributed by atoms with van der Waals surface area (Å²) in [6, 6.07) is 0. The minimum atomic E-state index is -0.514. The highest BCUT2D eigenvalue weighted by molar-refractivity contribution is 6.01. The monoisotopic (exact) mass is 302 g/mol. The van der Waals surface area contributed by atoms with E-state index in [4.69, 9.17) is 0 Å². The Balaban J connectivity index is 1.74. The number of allylic oxidation sites excluding steroid dienone is 3. The molecule has 22 heavy (non-hydrogen) atoms. The Morgan fingerprint density at radius 2 is 1.91 bits per heavy atom. The van der Waals surface area contributed by atoms with Gasteiger partial charge in [-0.05, 0) is 73.0 Å². The second kappa shape index (κ2) is 4.55. The molecule has 4 aliphatic rings. The minimum Gasteiger partial charge on any atom is -0.393 e. The molecule has 0 aromatic carbocycles. The molecule has 0 aromatic heterocycles. The van der Waals surface area contributed by atoms with Crippen molar-refractivity contribution in [2.75, 3.05) is 0 Å². The van der Waals surface area contributed by atoms with Gasteiger partial charge in [0.05, 0.1) is 12.2 Å². The molecule has 120 valence electrons. The molecular formula is C19H26O3. The maximum Gasteiger partial charge on any atom is 0.178 e. The summed E-state index contributed by atoms with van der Waals surface area (Å²) in [6.45, 7) is 4.43. The van der Waals surface area contributed by atoms with Crippen molar-refractivity contribution in [1.82, 2.24) is 0 Å². The molecule has 0 saturated heterocycles. The number of fused-ring (bicyclic) bond motifs is 5. The fourth-order valence-electron chi connectivity index (χ4n) is 6.22. The van der Waals surface area contributed by atoms with Crippen LogP contribution in [0.2, 0.25) is 0 Å². The zero-order valence-corrected chi connectivity index (χ0v) is 13.5. The van der Waals surface area contributed by atoms with E-state index in [-0.39, 0.29) is 22.7 Å². The van der Waals surface area contributed by atoms with E-state index in [0.29, 0.717) is 17.8 Å². The first-order valence-electron chi connectivity index (χ1n) is 8.67. The van der Waals surface area contributed by atoms with Crippen molar-refractivity contribution in [2.24, 2.45) is 28.6 Å². The van der Waals surface area contributed by atoms with Gasteiger partial charge >= 0.3 is 0 Å². The van der Waals surface area contributed by atoms with E-state index in [0.717, 1.165) is 37.7 Å². The Morgan fingerprint density at radius 3 is 2.68 bits per heavy atom. The van der Waals surface area contributed by atoms with E-state index < -0.39 is 6.10 Å². The molecule has 3 heteroatoms. The minimum absolute atomic E-state index is 0.00177. The smallest absolute Gasteiger partial charge is 0.178 e. The predicted octanol–water partition coefficient (Wildman–Crippen LogP) is 2.63. The van der Waals surface area contributed by atoms with Crippen molar-refractivity contribution in [2.45, 2.75) is 58.2 Å². The Kier molecular flexibility index (Phi) is 3.03. The van der Waals surface area contributed by atoms with E-state index in [1.807, 2.05) is 6.08 Å². The summed E-state index contributed by atoms with van der Waals surface area (Å²) in [7, 11) is 0. The average Bonchev–Trinajstić information content (AvgIpc) is 2.77. The Labute approximate surface area is 132 Å². The lowest BCUT2D eigenvalue weighted by Crippen LogP contribution is -2.53. The van der Waals surface area contributed by atoms with Crippen molar-refractivity contribution in [1.29, 1.82) is 0 Å². The first kappa shape index (κ1) is 14.6. The molecule has 0 bridgehead atoms. The normalized spacial score (nSPS) is 53.5. The summed E-state index contributed by atoms with van der Waals surface area (Å²) >= 11 is 0. The standard InChI is InChI=1S/C19H26O3/c1-18-7-5-11(20)9-15(18)16(21)10-12-13-3-4-17(22)19(13,2)8-6-14(12)18/h5,7,9,12-14,16-17,21-22H,3-4,6,8,10H2,1-2H3. The van der Waals surface area contributed by atoms with E-state index in [9.17, 15) is 15.0 Å². The number of carbonyl (C=O) groups is 1. The summed E-state index contributed by atoms with van der Waals surface area (Å²) < 4.78 is 0. The van der Waals surface area contributed by atoms with Crippen LogP contribution < -0.4 is 0 Å². The molecule has 3 saturated carbocycles. The lowest BCUT2D eigenvalue weighted by molar-refractivity contribution is -0.111. The van der Waals surface area contributed by atoms with Gasteiger partial charge in [-0.25, -0.2) is 0 Å². The molecule has 7 atom stereocenters. The van der Waals surface area contributed by atoms with Crippen molar-refractivity contribution in [3.63, 3.8) is 0 Å². The summed E-state index contributed by atoms with van der Waals surface area (Å²) in [4.78, 5) is 11.7. The highest BCUT2D eigenvalue weighted by Crippen LogP contribution is 2.64. The predicted molar refractivity (Wildman–Crippen MR) is 84.0 cm³/mol. The number of hydrogen-bond donors (Lipinski definition) is 2. The van der Waals surface area contributed by atoms with Crippen LogP contribution in [0.25, 0.3) is 0 Å². The molecule has 3 nitrogen and oxygen atoms in total. The molecule has 0 amide bonds. The van der Waals surface area contributed by atoms with Gasteiger partial charge in [-0.1, -0.05) is 19.9 Å². The number of carbonyl (C=O) groups excluding carboxylic acids is 1. The number of hydrogen-bond acceptors (Lipinski definition) is 3. The Hall–Kier alpha value is -0.930. The molecule has 0 heterocycles. The molecule has 0 aromatic rings. The van der Waals surface area contributed by atoms with Gasteiger partial charge in [0.1, 0.15) is 0 Å². The van der Waals surface area contributed by atoms with Crippen LogP contribution in [0.5, 0.6) is 0 Å². The first-order chi connectivity index (χ1) is 10.4. The van der Waals surface area contributed by atoms with E-state index in [2.05, 4.69) is 13.8 Å². The van der Waals surface area contributed by atoms with E-state index >= 15 is 0 Å². The van der Waals surface area contributed by atoms with Crippen molar-refractivity contribution in [3.05, 3.63) is 23.8 Å². The van der Waals surface area contributed by atoms with E-state index in [1.165, 1.54) is 0 Å². The van der Waals surface area contributed by atoms with Gasteiger partial charge in [0.15, 0.2) is 5.78 Å². The zero-order chi connectivity index (χ0) is 15.7. The lowest BCUT2D eigenvalue weighted by Gasteiger charge is -2.57. The van der Waals surface area contributed by atoms with Crippen molar-refractivity contribution in [3.8, 4) is 0 Å². The second-order valence-corrected chi connectivity index (χ2v) is 8.38. The van der Waals surface area contributed by atoms with Crippen LogP contribution in [0.3, 0.4) is 0 Å². The topological polar surface area (TPSA) is 57.5 Å². The summed E-state index contributed by atoms with van der Waals surface area (Å²) in [5.41, 5.74) is 0.751. The molecule has 4 aliphatic carbocycles. The molecule has 2 N–H and O–H groups in total. The maximum atomic E-state index is 11.7. The highest BCUT2D eigenvalue weighted by Gasteiger charge is 2.59. The third-order valence-electron chi connectivity index (χ3n) is 7.53. The molecule has 0 aliphatic heterocycles. The third-order valence-corrected chi connectivity index (χ3v) is 7.53. The zero-order valence-electron chi connectivity index (χ0n) is 13.5. The Bertz CT molecular complexity index is 577. The molecule has 7 unspecified atom stereocenters. The van der Waals surface area contributed by atoms with Crippen LogP contribution in [0.15, 0.2) is 23.8 Å². The van der Waals surface area contributed by atoms with E-state index in [1.54, 1.807) is 12.2 Å². The third kappa shape index (κ3) is 1.73. The highest BCUT2D eigenvalue weighted by atomic mass is 16.3. The van der Waals surface area contributed by atoms with Gasteiger partial charge in [-0.2, -0.15) is 0 Å². The summed E-state index contributed by atoms with van der Waals surface area (Å²) in [5.74, 6) is 1.43. The van der Waals surface area contributed by atoms with Crippen LogP contribution in [0, 0.1) is 28.6 Å². The van der Waals surface area contributed by atoms with Crippen LogP contribution >= 0.6 is 0 Å². The van der Waals surface area contributed by atoms with Crippen molar-refractivity contribution < 1.29 is 15.0 Å². The van der Waals surface area contributed by atoms with Gasteiger partial charge in [0.2, 0.25) is 0 Å². The molecule has 4 rings (SSSR count). The maximum absolute atomic E-state index is 11.7. The molecule has 0 spiro atoms. The van der Waals surface area contributed by atoms with Gasteiger partial charge in [0.25, 0.3) is 0 Å². The number of aliphatic hydroxyl groups is 2. The number of aliphatic hydroxyl groups excluding tert-OH is 2. The van der Waals surface area contributed by atoms with Gasteiger partial charge < -0.3 is 10.2 Å². The molecule has 0 radical (unpaired) electrons. The van der Waals surface area contributed by atoms with Gasteiger partial charge in [-0.3, -0.25) is 4.79 Å². The fraction of sp³-hybridized carbons (Fsp3) is 0.737. The Morgan fingerprint density at radius 1 is 1.14 bits per heavy atom. The quantitative estimate of drug-likeness (QED) is 0.723. The first-order valence-corrected chi connectivity index (χ1v) is 8.67. The summed E-state index contributed by atoms with van der Waals surface area (Å²) in [6.07, 6.45) is 9.53. The van der Waals surface area contributed by atoms with Crippen molar-refractivity contribution >= 4 is 5.78 Å². The average molecular weight is 302 g/mol. The van der Waals surface area contributed by atoms with Crippen LogP contribution in [0.1, 0.15) is 46.0 Å². The van der Waals surface area contributed by atoms with Crippen LogP contribution in [-0.2, 0) is 4.79 Å². The SMILES string of the molecule is CC12C=CC(=O)C=C1C(O)CC1C2CCC2(C)C(O)CCC12.